The topological polar surface area (TPSA) is 12.0 Å². The summed E-state index contributed by atoms with van der Waals surface area (Å²) in [4.78, 5) is 0. The van der Waals surface area contributed by atoms with Gasteiger partial charge in [-0.15, -0.1) is 0 Å². The maximum absolute atomic E-state index is 13.7. The quantitative estimate of drug-likeness (QED) is 0.644. The molecule has 1 aromatic rings. The zero-order valence-electron chi connectivity index (χ0n) is 7.81. The van der Waals surface area contributed by atoms with Crippen molar-refractivity contribution in [1.82, 2.24) is 0 Å². The highest BCUT2D eigenvalue weighted by Gasteiger charge is 2.18. The molecule has 0 saturated heterocycles. The molecule has 0 radical (unpaired) electrons. The lowest BCUT2D eigenvalue weighted by molar-refractivity contribution is 0.323. The smallest absolute Gasteiger partial charge is 0.127 e. The molecular formula is C11H14FN. The molecule has 1 nitrogen and oxygen atoms in total. The van der Waals surface area contributed by atoms with Gasteiger partial charge in [0.15, 0.2) is 0 Å². The molecule has 0 aliphatic carbocycles. The normalized spacial score (nSPS) is 21.5. The summed E-state index contributed by atoms with van der Waals surface area (Å²) in [6, 6.07) is 5.90. The summed E-state index contributed by atoms with van der Waals surface area (Å²) >= 11 is 0. The third kappa shape index (κ3) is 1.53. The second-order valence-corrected chi connectivity index (χ2v) is 3.57. The van der Waals surface area contributed by atoms with E-state index in [-0.39, 0.29) is 0 Å². The maximum Gasteiger partial charge on any atom is 0.127 e. The molecule has 1 unspecified atom stereocenters. The van der Waals surface area contributed by atoms with Gasteiger partial charge < -0.3 is 5.32 Å². The molecule has 70 valence electrons. The van der Waals surface area contributed by atoms with E-state index in [4.69, 9.17) is 0 Å². The SMILES string of the molecule is Cc1cccc2c1C(F)CCCN2. The van der Waals surface area contributed by atoms with Crippen LogP contribution in [0.4, 0.5) is 10.1 Å². The van der Waals surface area contributed by atoms with Crippen LogP contribution in [0.25, 0.3) is 0 Å². The second-order valence-electron chi connectivity index (χ2n) is 3.57. The minimum absolute atomic E-state index is 0.644. The number of aryl methyl sites for hydroxylation is 1. The highest BCUT2D eigenvalue weighted by molar-refractivity contribution is 5.56. The molecule has 1 aliphatic rings. The molecule has 1 heterocycles. The Balaban J connectivity index is 2.48. The van der Waals surface area contributed by atoms with Gasteiger partial charge in [0.2, 0.25) is 0 Å². The number of halogens is 1. The maximum atomic E-state index is 13.7. The number of rotatable bonds is 0. The molecule has 1 N–H and O–H groups in total. The van der Waals surface area contributed by atoms with E-state index in [1.165, 1.54) is 0 Å². The first kappa shape index (κ1) is 8.54. The summed E-state index contributed by atoms with van der Waals surface area (Å²) in [5.41, 5.74) is 2.89. The van der Waals surface area contributed by atoms with Crippen LogP contribution in [-0.4, -0.2) is 6.54 Å². The van der Waals surface area contributed by atoms with Gasteiger partial charge in [-0.2, -0.15) is 0 Å². The average molecular weight is 179 g/mol. The van der Waals surface area contributed by atoms with Crippen molar-refractivity contribution < 1.29 is 4.39 Å². The van der Waals surface area contributed by atoms with Crippen LogP contribution in [0, 0.1) is 6.92 Å². The predicted octanol–water partition coefficient (Wildman–Crippen LogP) is 3.21. The van der Waals surface area contributed by atoms with E-state index >= 15 is 0 Å². The number of fused-ring (bicyclic) bond motifs is 1. The standard InChI is InChI=1S/C11H14FN/c1-8-4-2-6-10-11(8)9(12)5-3-7-13-10/h2,4,6,9,13H,3,5,7H2,1H3. The molecule has 0 amide bonds. The van der Waals surface area contributed by atoms with Crippen LogP contribution in [0.3, 0.4) is 0 Å². The average Bonchev–Trinajstić information content (AvgIpc) is 2.29. The minimum atomic E-state index is -0.786. The van der Waals surface area contributed by atoms with E-state index in [0.717, 1.165) is 29.8 Å². The zero-order valence-corrected chi connectivity index (χ0v) is 7.81. The van der Waals surface area contributed by atoms with Gasteiger partial charge in [-0.1, -0.05) is 12.1 Å². The van der Waals surface area contributed by atoms with Crippen molar-refractivity contribution in [1.29, 1.82) is 0 Å². The van der Waals surface area contributed by atoms with Gasteiger partial charge in [-0.25, -0.2) is 4.39 Å². The minimum Gasteiger partial charge on any atom is -0.385 e. The van der Waals surface area contributed by atoms with Gasteiger partial charge in [0.1, 0.15) is 6.17 Å². The Morgan fingerprint density at radius 1 is 1.46 bits per heavy atom. The van der Waals surface area contributed by atoms with Crippen LogP contribution in [0.2, 0.25) is 0 Å². The van der Waals surface area contributed by atoms with Crippen molar-refractivity contribution in [3.8, 4) is 0 Å². The first-order valence-corrected chi connectivity index (χ1v) is 4.76. The Kier molecular flexibility index (Phi) is 2.21. The molecule has 1 aromatic carbocycles. The largest absolute Gasteiger partial charge is 0.385 e. The Labute approximate surface area is 78.0 Å². The van der Waals surface area contributed by atoms with Gasteiger partial charge in [0, 0.05) is 17.8 Å². The molecule has 1 atom stereocenters. The summed E-state index contributed by atoms with van der Waals surface area (Å²) in [6.45, 7) is 2.86. The Hall–Kier alpha value is -1.05. The van der Waals surface area contributed by atoms with Gasteiger partial charge in [0.05, 0.1) is 0 Å². The van der Waals surface area contributed by atoms with Gasteiger partial charge in [0.25, 0.3) is 0 Å². The number of anilines is 1. The van der Waals surface area contributed by atoms with Crippen LogP contribution < -0.4 is 5.32 Å². The fourth-order valence-electron chi connectivity index (χ4n) is 1.90. The first-order chi connectivity index (χ1) is 6.29. The van der Waals surface area contributed by atoms with E-state index in [9.17, 15) is 4.39 Å². The summed E-state index contributed by atoms with van der Waals surface area (Å²) in [5, 5.41) is 3.26. The van der Waals surface area contributed by atoms with E-state index in [1.54, 1.807) is 0 Å². The fourth-order valence-corrected chi connectivity index (χ4v) is 1.90. The van der Waals surface area contributed by atoms with E-state index in [0.29, 0.717) is 6.42 Å². The first-order valence-electron chi connectivity index (χ1n) is 4.76. The van der Waals surface area contributed by atoms with Crippen molar-refractivity contribution in [2.45, 2.75) is 25.9 Å². The second kappa shape index (κ2) is 3.36. The van der Waals surface area contributed by atoms with Crippen molar-refractivity contribution in [3.05, 3.63) is 29.3 Å². The van der Waals surface area contributed by atoms with Crippen molar-refractivity contribution >= 4 is 5.69 Å². The molecule has 0 saturated carbocycles. The summed E-state index contributed by atoms with van der Waals surface area (Å²) in [5.74, 6) is 0. The van der Waals surface area contributed by atoms with Crippen LogP contribution in [-0.2, 0) is 0 Å². The van der Waals surface area contributed by atoms with Gasteiger partial charge >= 0.3 is 0 Å². The number of benzene rings is 1. The Morgan fingerprint density at radius 3 is 3.15 bits per heavy atom. The molecule has 0 fully saturated rings. The van der Waals surface area contributed by atoms with Crippen LogP contribution in [0.1, 0.15) is 30.1 Å². The summed E-state index contributed by atoms with van der Waals surface area (Å²) < 4.78 is 13.7. The summed E-state index contributed by atoms with van der Waals surface area (Å²) in [6.07, 6.45) is 0.770. The third-order valence-corrected chi connectivity index (χ3v) is 2.59. The van der Waals surface area contributed by atoms with Gasteiger partial charge in [-0.05, 0) is 31.4 Å². The van der Waals surface area contributed by atoms with Crippen molar-refractivity contribution in [2.75, 3.05) is 11.9 Å². The van der Waals surface area contributed by atoms with Crippen molar-refractivity contribution in [2.24, 2.45) is 0 Å². The van der Waals surface area contributed by atoms with E-state index < -0.39 is 6.17 Å². The highest BCUT2D eigenvalue weighted by Crippen LogP contribution is 2.34. The zero-order chi connectivity index (χ0) is 9.26. The number of hydrogen-bond donors (Lipinski definition) is 1. The number of alkyl halides is 1. The molecule has 0 bridgehead atoms. The lowest BCUT2D eigenvalue weighted by Crippen LogP contribution is -2.00. The Bertz CT molecular complexity index is 309. The summed E-state index contributed by atoms with van der Waals surface area (Å²) in [7, 11) is 0. The lowest BCUT2D eigenvalue weighted by atomic mass is 10.0. The molecule has 2 heteroatoms. The Morgan fingerprint density at radius 2 is 2.31 bits per heavy atom. The number of hydrogen-bond acceptors (Lipinski definition) is 1. The van der Waals surface area contributed by atoms with Crippen LogP contribution >= 0.6 is 0 Å². The lowest BCUT2D eigenvalue weighted by Gasteiger charge is -2.12. The van der Waals surface area contributed by atoms with Crippen LogP contribution in [0.5, 0.6) is 0 Å². The molecule has 13 heavy (non-hydrogen) atoms. The molecule has 1 aliphatic heterocycles. The number of nitrogens with one attached hydrogen (secondary N) is 1. The predicted molar refractivity (Wildman–Crippen MR) is 52.8 cm³/mol. The van der Waals surface area contributed by atoms with Crippen LogP contribution in [0.15, 0.2) is 18.2 Å². The molecule has 2 rings (SSSR count). The third-order valence-electron chi connectivity index (χ3n) is 2.59. The van der Waals surface area contributed by atoms with E-state index in [2.05, 4.69) is 5.32 Å². The van der Waals surface area contributed by atoms with Crippen molar-refractivity contribution in [3.63, 3.8) is 0 Å². The highest BCUT2D eigenvalue weighted by atomic mass is 19.1. The molecule has 0 aromatic heterocycles. The fraction of sp³-hybridized carbons (Fsp3) is 0.455. The van der Waals surface area contributed by atoms with Gasteiger partial charge in [-0.3, -0.25) is 0 Å². The molecular weight excluding hydrogens is 165 g/mol. The van der Waals surface area contributed by atoms with E-state index in [1.807, 2.05) is 25.1 Å². The monoisotopic (exact) mass is 179 g/mol. The molecule has 0 spiro atoms.